The first kappa shape index (κ1) is 45.4. The molecule has 0 bridgehead atoms. The van der Waals surface area contributed by atoms with Crippen molar-refractivity contribution in [3.05, 3.63) is 113 Å². The van der Waals surface area contributed by atoms with Crippen LogP contribution >= 0.6 is 0 Å². The average Bonchev–Trinajstić information content (AvgIpc) is 3.28. The number of aromatic hydroxyl groups is 1. The van der Waals surface area contributed by atoms with Crippen molar-refractivity contribution >= 4 is 17.7 Å². The average molecular weight is 831 g/mol. The number of ether oxygens (including phenoxy) is 4. The van der Waals surface area contributed by atoms with Crippen LogP contribution in [0.3, 0.4) is 0 Å². The molecule has 0 atom stereocenters. The number of phenolic OH excluding ortho intramolecular Hbond substituents is 1. The normalized spacial score (nSPS) is 18.9. The van der Waals surface area contributed by atoms with Crippen molar-refractivity contribution in [2.45, 2.75) is 129 Å². The fourth-order valence-corrected chi connectivity index (χ4v) is 9.13. The highest BCUT2D eigenvalue weighted by Gasteiger charge is 2.34. The molecule has 0 aromatic heterocycles. The lowest BCUT2D eigenvalue weighted by Gasteiger charge is -2.37. The second-order valence-corrected chi connectivity index (χ2v) is 17.3. The van der Waals surface area contributed by atoms with Gasteiger partial charge in [-0.1, -0.05) is 101 Å². The summed E-state index contributed by atoms with van der Waals surface area (Å²) in [5.74, 6) is 3.72. The van der Waals surface area contributed by atoms with E-state index in [1.54, 1.807) is 78.9 Å². The number of benzene rings is 4. The van der Waals surface area contributed by atoms with Crippen LogP contribution in [0.2, 0.25) is 0 Å². The van der Waals surface area contributed by atoms with Crippen LogP contribution in [0.25, 0.3) is 0 Å². The van der Waals surface area contributed by atoms with Gasteiger partial charge in [-0.25, -0.2) is 4.79 Å². The van der Waals surface area contributed by atoms with Crippen molar-refractivity contribution in [1.29, 1.82) is 0 Å². The number of ketones is 1. The van der Waals surface area contributed by atoms with E-state index in [0.29, 0.717) is 47.3 Å². The van der Waals surface area contributed by atoms with Crippen LogP contribution in [0.5, 0.6) is 28.7 Å². The van der Waals surface area contributed by atoms with E-state index in [2.05, 4.69) is 6.92 Å². The highest BCUT2D eigenvalue weighted by Crippen LogP contribution is 2.43. The van der Waals surface area contributed by atoms with Crippen LogP contribution < -0.4 is 18.9 Å². The Bertz CT molecular complexity index is 1970. The van der Waals surface area contributed by atoms with E-state index >= 15 is 0 Å². The van der Waals surface area contributed by atoms with Crippen LogP contribution in [0, 0.1) is 30.6 Å². The molecule has 2 saturated carbocycles. The highest BCUT2D eigenvalue weighted by atomic mass is 16.5. The number of hydrogen-bond donors (Lipinski definition) is 1. The van der Waals surface area contributed by atoms with E-state index in [1.165, 1.54) is 57.4 Å². The number of phenols is 1. The molecule has 2 aliphatic carbocycles. The maximum atomic E-state index is 13.2. The molecule has 61 heavy (non-hydrogen) atoms. The Kier molecular flexibility index (Phi) is 17.7. The first-order valence-corrected chi connectivity index (χ1v) is 23.1. The van der Waals surface area contributed by atoms with Crippen molar-refractivity contribution in [3.8, 4) is 28.7 Å². The molecule has 0 unspecified atom stereocenters. The lowest BCUT2D eigenvalue weighted by molar-refractivity contribution is -0.140. The van der Waals surface area contributed by atoms with E-state index in [-0.39, 0.29) is 29.0 Å². The van der Waals surface area contributed by atoms with Crippen LogP contribution in [0.1, 0.15) is 154 Å². The second-order valence-electron chi connectivity index (χ2n) is 17.3. The molecular formula is C53H66O8. The van der Waals surface area contributed by atoms with Crippen LogP contribution in [0.15, 0.2) is 91.0 Å². The van der Waals surface area contributed by atoms with Crippen LogP contribution in [-0.4, -0.2) is 36.0 Å². The largest absolute Gasteiger partial charge is 0.507 e. The fourth-order valence-electron chi connectivity index (χ4n) is 9.13. The molecule has 6 rings (SSSR count). The Hall–Kier alpha value is -5.11. The topological polar surface area (TPSA) is 108 Å². The van der Waals surface area contributed by atoms with Gasteiger partial charge in [-0.3, -0.25) is 9.59 Å². The van der Waals surface area contributed by atoms with Crippen molar-refractivity contribution in [2.75, 3.05) is 13.2 Å². The van der Waals surface area contributed by atoms with Gasteiger partial charge in [0, 0.05) is 11.6 Å². The van der Waals surface area contributed by atoms with Gasteiger partial charge in [-0.15, -0.1) is 0 Å². The fraction of sp³-hybridized carbons (Fsp3) is 0.491. The predicted molar refractivity (Wildman–Crippen MR) is 240 cm³/mol. The molecule has 8 nitrogen and oxygen atoms in total. The Labute approximate surface area is 363 Å². The molecule has 0 spiro atoms. The van der Waals surface area contributed by atoms with Gasteiger partial charge in [0.15, 0.2) is 5.78 Å². The van der Waals surface area contributed by atoms with Gasteiger partial charge in [0.25, 0.3) is 0 Å². The van der Waals surface area contributed by atoms with Crippen molar-refractivity contribution in [3.63, 3.8) is 0 Å². The SMILES string of the molecule is CCCCC[C@H]1CC[C@H]([C@H]2CC[C@H](C(=O)Oc3ccc(OC(=O)c4ccc(OCCCCCCCCOc5ccc(C(=O)c6ccccc6)c(O)c5)cc4)cc3C)CC2)CC1. The summed E-state index contributed by atoms with van der Waals surface area (Å²) in [5.41, 5.74) is 1.96. The Balaban J connectivity index is 0.808. The minimum atomic E-state index is -0.464. The minimum absolute atomic E-state index is 0.0518. The van der Waals surface area contributed by atoms with E-state index in [1.807, 2.05) is 13.0 Å². The molecule has 4 aromatic rings. The summed E-state index contributed by atoms with van der Waals surface area (Å²) in [7, 11) is 0. The molecule has 326 valence electrons. The number of carbonyl (C=O) groups is 3. The Morgan fingerprint density at radius 3 is 1.84 bits per heavy atom. The third-order valence-corrected chi connectivity index (χ3v) is 12.9. The number of aryl methyl sites for hydroxylation is 1. The molecule has 0 amide bonds. The van der Waals surface area contributed by atoms with Crippen molar-refractivity contribution in [2.24, 2.45) is 23.7 Å². The summed E-state index contributed by atoms with van der Waals surface area (Å²) >= 11 is 0. The lowest BCUT2D eigenvalue weighted by Crippen LogP contribution is -2.30. The van der Waals surface area contributed by atoms with Gasteiger partial charge in [-0.2, -0.15) is 0 Å². The summed E-state index contributed by atoms with van der Waals surface area (Å²) in [4.78, 5) is 38.7. The lowest BCUT2D eigenvalue weighted by atomic mass is 9.68. The molecule has 2 fully saturated rings. The summed E-state index contributed by atoms with van der Waals surface area (Å²) in [5, 5.41) is 10.4. The predicted octanol–water partition coefficient (Wildman–Crippen LogP) is 13.0. The van der Waals surface area contributed by atoms with E-state index < -0.39 is 5.97 Å². The van der Waals surface area contributed by atoms with Gasteiger partial charge in [0.05, 0.1) is 30.3 Å². The molecular weight excluding hydrogens is 765 g/mol. The number of hydrogen-bond acceptors (Lipinski definition) is 8. The third kappa shape index (κ3) is 14.0. The molecule has 0 heterocycles. The molecule has 0 aliphatic heterocycles. The first-order valence-electron chi connectivity index (χ1n) is 23.1. The number of esters is 2. The van der Waals surface area contributed by atoms with Gasteiger partial charge in [0.1, 0.15) is 28.7 Å². The minimum Gasteiger partial charge on any atom is -0.507 e. The van der Waals surface area contributed by atoms with Gasteiger partial charge in [-0.05, 0) is 136 Å². The monoisotopic (exact) mass is 830 g/mol. The first-order chi connectivity index (χ1) is 29.8. The van der Waals surface area contributed by atoms with Gasteiger partial charge in [0.2, 0.25) is 0 Å². The highest BCUT2D eigenvalue weighted by molar-refractivity contribution is 6.10. The van der Waals surface area contributed by atoms with Crippen molar-refractivity contribution < 1.29 is 38.4 Å². The summed E-state index contributed by atoms with van der Waals surface area (Å²) in [6.07, 6.45) is 21.1. The summed E-state index contributed by atoms with van der Waals surface area (Å²) < 4.78 is 23.3. The van der Waals surface area contributed by atoms with E-state index in [4.69, 9.17) is 18.9 Å². The van der Waals surface area contributed by atoms with Crippen molar-refractivity contribution in [1.82, 2.24) is 0 Å². The standard InChI is InChI=1S/C53H66O8/c1-3-4-10-15-39-18-20-40(21-19-39)41-22-24-43(25-23-41)53(57)61-50-33-31-47(36-38(50)2)60-52(56)44-26-28-45(29-27-44)58-34-13-7-5-6-8-14-35-59-46-30-32-48(49(54)37-46)51(55)42-16-11-9-12-17-42/h9,11-12,16-17,26-33,36-37,39-41,43,54H,3-8,10,13-15,18-25,34-35H2,1-2H3/t39-,40-,41-,43-. The zero-order valence-corrected chi connectivity index (χ0v) is 36.4. The maximum absolute atomic E-state index is 13.2. The molecule has 2 aliphatic rings. The van der Waals surface area contributed by atoms with Gasteiger partial charge < -0.3 is 24.1 Å². The third-order valence-electron chi connectivity index (χ3n) is 12.9. The Morgan fingerprint density at radius 1 is 0.590 bits per heavy atom. The summed E-state index contributed by atoms with van der Waals surface area (Å²) in [6.45, 7) is 5.28. The molecule has 4 aromatic carbocycles. The molecule has 0 radical (unpaired) electrons. The smallest absolute Gasteiger partial charge is 0.343 e. The van der Waals surface area contributed by atoms with E-state index in [0.717, 1.165) is 87.5 Å². The van der Waals surface area contributed by atoms with Crippen LogP contribution in [-0.2, 0) is 4.79 Å². The van der Waals surface area contributed by atoms with Gasteiger partial charge >= 0.3 is 11.9 Å². The zero-order chi connectivity index (χ0) is 42.8. The summed E-state index contributed by atoms with van der Waals surface area (Å²) in [6, 6.07) is 25.9. The Morgan fingerprint density at radius 2 is 1.20 bits per heavy atom. The van der Waals surface area contributed by atoms with Crippen LogP contribution in [0.4, 0.5) is 0 Å². The quantitative estimate of drug-likeness (QED) is 0.0361. The number of carbonyl (C=O) groups excluding carboxylic acids is 3. The molecule has 0 saturated heterocycles. The second kappa shape index (κ2) is 23.8. The number of rotatable bonds is 22. The number of unbranched alkanes of at least 4 members (excludes halogenated alkanes) is 7. The molecule has 1 N–H and O–H groups in total. The maximum Gasteiger partial charge on any atom is 0.343 e. The van der Waals surface area contributed by atoms with E-state index in [9.17, 15) is 19.5 Å². The molecule has 8 heteroatoms. The zero-order valence-electron chi connectivity index (χ0n) is 36.4.